The summed E-state index contributed by atoms with van der Waals surface area (Å²) in [7, 11) is 0. The lowest BCUT2D eigenvalue weighted by molar-refractivity contribution is -0.375. The summed E-state index contributed by atoms with van der Waals surface area (Å²) in [6.45, 7) is 15.4. The van der Waals surface area contributed by atoms with Crippen LogP contribution in [0.25, 0.3) is 0 Å². The Labute approximate surface area is 397 Å². The van der Waals surface area contributed by atoms with Crippen LogP contribution in [0.4, 0.5) is 0 Å². The summed E-state index contributed by atoms with van der Waals surface area (Å²) in [5, 5.41) is 109. The second-order valence-electron chi connectivity index (χ2n) is 22.7. The summed E-state index contributed by atoms with van der Waals surface area (Å²) in [6.07, 6.45) is -15.1. The number of hydrogen-bond donors (Lipinski definition) is 10. The van der Waals surface area contributed by atoms with Crippen LogP contribution < -0.4 is 0 Å². The molecule has 0 bridgehead atoms. The molecule has 68 heavy (non-hydrogen) atoms. The summed E-state index contributed by atoms with van der Waals surface area (Å²) in [4.78, 5) is 38.5. The van der Waals surface area contributed by atoms with Crippen LogP contribution in [0.2, 0.25) is 0 Å². The van der Waals surface area contributed by atoms with Crippen molar-refractivity contribution >= 4 is 17.9 Å². The van der Waals surface area contributed by atoms with E-state index in [1.54, 1.807) is 19.9 Å². The zero-order chi connectivity index (χ0) is 50.4. The van der Waals surface area contributed by atoms with E-state index in [0.29, 0.717) is 44.1 Å². The Kier molecular flexibility index (Phi) is 14.7. The maximum Gasteiger partial charge on any atom is 0.335 e. The normalized spacial score (nSPS) is 50.1. The Morgan fingerprint density at radius 1 is 0.765 bits per heavy atom. The van der Waals surface area contributed by atoms with Gasteiger partial charge in [-0.05, 0) is 92.8 Å². The van der Waals surface area contributed by atoms with Gasteiger partial charge in [0.05, 0.1) is 37.4 Å². The van der Waals surface area contributed by atoms with Gasteiger partial charge in [-0.25, -0.2) is 9.59 Å². The van der Waals surface area contributed by atoms with Crippen molar-refractivity contribution in [3.63, 3.8) is 0 Å². The fourth-order valence-corrected chi connectivity index (χ4v) is 14.8. The van der Waals surface area contributed by atoms with E-state index >= 15 is 0 Å². The molecule has 0 unspecified atom stereocenters. The summed E-state index contributed by atoms with van der Waals surface area (Å²) >= 11 is 0. The van der Waals surface area contributed by atoms with E-state index in [2.05, 4.69) is 26.8 Å². The van der Waals surface area contributed by atoms with E-state index in [0.717, 1.165) is 5.57 Å². The van der Waals surface area contributed by atoms with Crippen LogP contribution in [0.1, 0.15) is 107 Å². The molecule has 5 aliphatic carbocycles. The lowest BCUT2D eigenvalue weighted by Crippen LogP contribution is -2.72. The number of allylic oxidation sites excluding steroid dienone is 3. The standard InChI is InChI=1S/C49H76O19/c1-10-22(2)41(62)68-38-39(63-23(3)53)49(21-52)25(17-44(38,4)5)24-11-12-28-45(6)15-14-30(46(7,20-51)27(45)13-16-47(28,8)48(24,9)18-29(49)54)65-43-37(34(58)33(57)36(66-43)40(60)61)67-42-35(59)32(56)31(55)26(19-50)64-42/h10-11,25-39,42-43,50-52,54-59H,12-21H2,1-9H3,(H,60,61)/b22-10+/t25-,26+,27+,28+,29+,30-,31+,32-,33-,34-,35+,36-,37+,38-,39-,42-,43+,45-,46+,47+,48+,49-/m0/s1. The molecular formula is C49H76O19. The minimum atomic E-state index is -2.04. The molecule has 2 heterocycles. The largest absolute Gasteiger partial charge is 0.479 e. The van der Waals surface area contributed by atoms with Gasteiger partial charge in [0.1, 0.15) is 54.9 Å². The third kappa shape index (κ3) is 8.02. The van der Waals surface area contributed by atoms with Crippen LogP contribution in [0.5, 0.6) is 0 Å². The molecule has 0 spiro atoms. The molecule has 6 fully saturated rings. The van der Waals surface area contributed by atoms with Gasteiger partial charge in [-0.15, -0.1) is 0 Å². The zero-order valence-corrected chi connectivity index (χ0v) is 40.7. The van der Waals surface area contributed by atoms with E-state index in [-0.39, 0.29) is 24.9 Å². The molecule has 0 aromatic rings. The lowest BCUT2D eigenvalue weighted by atomic mass is 9.33. The third-order valence-corrected chi connectivity index (χ3v) is 18.9. The number of rotatable bonds is 11. The Balaban J connectivity index is 1.21. The molecule has 0 aromatic heterocycles. The second kappa shape index (κ2) is 18.8. The van der Waals surface area contributed by atoms with Gasteiger partial charge < -0.3 is 79.5 Å². The highest BCUT2D eigenvalue weighted by Gasteiger charge is 2.74. The van der Waals surface area contributed by atoms with Crippen LogP contribution in [0.3, 0.4) is 0 Å². The highest BCUT2D eigenvalue weighted by atomic mass is 16.8. The van der Waals surface area contributed by atoms with Crippen molar-refractivity contribution in [3.05, 3.63) is 23.3 Å². The molecule has 4 saturated carbocycles. The van der Waals surface area contributed by atoms with Crippen molar-refractivity contribution in [2.45, 2.75) is 193 Å². The molecule has 10 N–H and O–H groups in total. The number of carboxylic acids is 1. The number of carbonyl (C=O) groups is 3. The highest BCUT2D eigenvalue weighted by Crippen LogP contribution is 2.76. The molecule has 2 saturated heterocycles. The van der Waals surface area contributed by atoms with Crippen LogP contribution in [-0.4, -0.2) is 175 Å². The summed E-state index contributed by atoms with van der Waals surface area (Å²) in [6, 6.07) is 0. The van der Waals surface area contributed by atoms with E-state index in [9.17, 15) is 65.4 Å². The number of carboxylic acid groups (broad SMARTS) is 1. The van der Waals surface area contributed by atoms with Crippen molar-refractivity contribution in [1.29, 1.82) is 0 Å². The summed E-state index contributed by atoms with van der Waals surface area (Å²) in [5.74, 6) is -3.50. The minimum Gasteiger partial charge on any atom is -0.479 e. The molecule has 2 aliphatic heterocycles. The van der Waals surface area contributed by atoms with Gasteiger partial charge >= 0.3 is 17.9 Å². The molecule has 7 rings (SSSR count). The Morgan fingerprint density at radius 2 is 1.44 bits per heavy atom. The van der Waals surface area contributed by atoms with Gasteiger partial charge in [0, 0.05) is 23.3 Å². The first kappa shape index (κ1) is 53.2. The summed E-state index contributed by atoms with van der Waals surface area (Å²) in [5.41, 5.74) is -3.29. The van der Waals surface area contributed by atoms with Gasteiger partial charge in [-0.1, -0.05) is 59.3 Å². The predicted molar refractivity (Wildman–Crippen MR) is 236 cm³/mol. The highest BCUT2D eigenvalue weighted by molar-refractivity contribution is 5.87. The van der Waals surface area contributed by atoms with Crippen molar-refractivity contribution in [2.24, 2.45) is 50.2 Å². The molecule has 0 radical (unpaired) electrons. The quantitative estimate of drug-likeness (QED) is 0.0594. The third-order valence-electron chi connectivity index (χ3n) is 18.9. The van der Waals surface area contributed by atoms with Gasteiger partial charge in [-0.2, -0.15) is 0 Å². The Morgan fingerprint density at radius 3 is 2.03 bits per heavy atom. The fourth-order valence-electron chi connectivity index (χ4n) is 14.8. The lowest BCUT2D eigenvalue weighted by Gasteiger charge is -2.72. The fraction of sp³-hybridized carbons (Fsp3) is 0.857. The van der Waals surface area contributed by atoms with Crippen LogP contribution in [0.15, 0.2) is 23.3 Å². The van der Waals surface area contributed by atoms with Crippen LogP contribution in [-0.2, 0) is 42.8 Å². The number of hydrogen-bond acceptors (Lipinski definition) is 18. The Bertz CT molecular complexity index is 1970. The van der Waals surface area contributed by atoms with Crippen molar-refractivity contribution in [1.82, 2.24) is 0 Å². The molecular weight excluding hydrogens is 893 g/mol. The topological polar surface area (TPSA) is 309 Å². The van der Waals surface area contributed by atoms with Crippen molar-refractivity contribution < 1.29 is 93.9 Å². The maximum atomic E-state index is 13.3. The average molecular weight is 969 g/mol. The molecule has 7 aliphatic rings. The predicted octanol–water partition coefficient (Wildman–Crippen LogP) is 0.855. The maximum absolute atomic E-state index is 13.3. The number of fused-ring (bicyclic) bond motifs is 7. The van der Waals surface area contributed by atoms with E-state index in [1.807, 2.05) is 20.8 Å². The van der Waals surface area contributed by atoms with E-state index in [1.165, 1.54) is 6.92 Å². The van der Waals surface area contributed by atoms with Crippen molar-refractivity contribution in [2.75, 3.05) is 19.8 Å². The van der Waals surface area contributed by atoms with E-state index < -0.39 is 155 Å². The first-order valence-corrected chi connectivity index (χ1v) is 24.2. The molecule has 19 nitrogen and oxygen atoms in total. The van der Waals surface area contributed by atoms with E-state index in [4.69, 9.17) is 28.4 Å². The molecule has 0 aromatic carbocycles. The molecule has 19 heteroatoms. The number of esters is 2. The minimum absolute atomic E-state index is 0.0110. The number of aliphatic hydroxyl groups is 9. The first-order valence-electron chi connectivity index (χ1n) is 24.2. The van der Waals surface area contributed by atoms with Crippen molar-refractivity contribution in [3.8, 4) is 0 Å². The number of carbonyl (C=O) groups excluding carboxylic acids is 2. The van der Waals surface area contributed by atoms with Gasteiger partial charge in [0.25, 0.3) is 0 Å². The van der Waals surface area contributed by atoms with Gasteiger partial charge in [0.2, 0.25) is 0 Å². The smallest absolute Gasteiger partial charge is 0.335 e. The number of aliphatic carboxylic acids is 1. The number of ether oxygens (including phenoxy) is 6. The molecule has 22 atom stereocenters. The monoisotopic (exact) mass is 968 g/mol. The van der Waals surface area contributed by atoms with Gasteiger partial charge in [-0.3, -0.25) is 4.79 Å². The molecule has 386 valence electrons. The SMILES string of the molecule is C/C=C(\C)C(=O)O[C@H]1[C@H](OC(C)=O)[C@]2(CO)[C@H](O)C[C@]3(C)C(=CC[C@@H]4[C@@]5(C)CC[C@H](O[C@@H]6O[C@H](C(=O)O)[C@@H](O)[C@H](O)[C@H]6O[C@@H]6O[C@H](CO)[C@@H](O)[C@H](O)[C@H]6O)[C@](C)(CO)[C@@H]5CC[C@]43C)[C@@H]2CC1(C)C. The average Bonchev–Trinajstić information content (AvgIpc) is 3.27. The Hall–Kier alpha value is -2.63. The van der Waals surface area contributed by atoms with Gasteiger partial charge in [0.15, 0.2) is 18.7 Å². The van der Waals surface area contributed by atoms with Crippen LogP contribution >= 0.6 is 0 Å². The summed E-state index contributed by atoms with van der Waals surface area (Å²) < 4.78 is 36.1. The second-order valence-corrected chi connectivity index (χ2v) is 22.7. The zero-order valence-electron chi connectivity index (χ0n) is 40.7. The van der Waals surface area contributed by atoms with Crippen LogP contribution in [0, 0.1) is 50.2 Å². The number of aliphatic hydroxyl groups excluding tert-OH is 9. The molecule has 0 amide bonds. The first-order chi connectivity index (χ1) is 31.7.